The summed E-state index contributed by atoms with van der Waals surface area (Å²) in [6.07, 6.45) is 0.383. The zero-order valence-electron chi connectivity index (χ0n) is 11.4. The predicted octanol–water partition coefficient (Wildman–Crippen LogP) is 2.14. The highest BCUT2D eigenvalue weighted by molar-refractivity contribution is 6.30. The average Bonchev–Trinajstić information content (AvgIpc) is 2.41. The second kappa shape index (κ2) is 9.32. The van der Waals surface area contributed by atoms with Gasteiger partial charge < -0.3 is 10.1 Å². The van der Waals surface area contributed by atoms with E-state index in [1.807, 2.05) is 4.90 Å². The molecule has 0 fully saturated rings. The van der Waals surface area contributed by atoms with Crippen molar-refractivity contribution in [2.45, 2.75) is 6.42 Å². The maximum Gasteiger partial charge on any atom is 0.238 e. The van der Waals surface area contributed by atoms with Crippen molar-refractivity contribution in [2.24, 2.45) is 0 Å². The highest BCUT2D eigenvalue weighted by Gasteiger charge is 2.10. The summed E-state index contributed by atoms with van der Waals surface area (Å²) in [6.45, 7) is 1.90. The predicted molar refractivity (Wildman–Crippen MR) is 78.6 cm³/mol. The van der Waals surface area contributed by atoms with Gasteiger partial charge >= 0.3 is 0 Å². The number of hydrogen-bond donors (Lipinski definition) is 1. The van der Waals surface area contributed by atoms with Crippen molar-refractivity contribution in [1.29, 1.82) is 5.26 Å². The minimum absolute atomic E-state index is 0.138. The molecule has 5 nitrogen and oxygen atoms in total. The van der Waals surface area contributed by atoms with E-state index in [9.17, 15) is 4.79 Å². The van der Waals surface area contributed by atoms with Crippen LogP contribution in [0.25, 0.3) is 0 Å². The third-order valence-corrected chi connectivity index (χ3v) is 2.86. The van der Waals surface area contributed by atoms with Crippen LogP contribution in [-0.2, 0) is 9.53 Å². The highest BCUT2D eigenvalue weighted by atomic mass is 35.5. The van der Waals surface area contributed by atoms with Crippen molar-refractivity contribution >= 4 is 23.2 Å². The van der Waals surface area contributed by atoms with Crippen molar-refractivity contribution in [1.82, 2.24) is 4.90 Å². The van der Waals surface area contributed by atoms with Gasteiger partial charge in [-0.15, -0.1) is 0 Å². The smallest absolute Gasteiger partial charge is 0.238 e. The second-order valence-corrected chi connectivity index (χ2v) is 4.67. The summed E-state index contributed by atoms with van der Waals surface area (Å²) >= 11 is 5.86. The number of rotatable bonds is 8. The molecule has 0 aliphatic heterocycles. The molecule has 0 saturated heterocycles. The Labute approximate surface area is 124 Å². The molecule has 0 atom stereocenters. The number of hydrogen-bond acceptors (Lipinski definition) is 4. The van der Waals surface area contributed by atoms with Crippen molar-refractivity contribution in [3.63, 3.8) is 0 Å². The summed E-state index contributed by atoms with van der Waals surface area (Å²) in [6, 6.07) is 9.06. The highest BCUT2D eigenvalue weighted by Crippen LogP contribution is 2.14. The number of ether oxygens (including phenoxy) is 1. The molecule has 1 amide bonds. The van der Waals surface area contributed by atoms with Gasteiger partial charge in [0.05, 0.1) is 19.2 Å². The molecule has 0 unspecified atom stereocenters. The van der Waals surface area contributed by atoms with Gasteiger partial charge in [0.2, 0.25) is 5.91 Å². The van der Waals surface area contributed by atoms with Gasteiger partial charge in [0.25, 0.3) is 0 Å². The van der Waals surface area contributed by atoms with Gasteiger partial charge in [-0.2, -0.15) is 5.26 Å². The van der Waals surface area contributed by atoms with E-state index in [0.717, 1.165) is 0 Å². The molecular weight excluding hydrogens is 278 g/mol. The van der Waals surface area contributed by atoms with Crippen molar-refractivity contribution < 1.29 is 9.53 Å². The van der Waals surface area contributed by atoms with Gasteiger partial charge in [-0.05, 0) is 18.2 Å². The third kappa shape index (κ3) is 6.53. The zero-order valence-corrected chi connectivity index (χ0v) is 12.2. The summed E-state index contributed by atoms with van der Waals surface area (Å²) < 4.78 is 4.99. The van der Waals surface area contributed by atoms with E-state index in [-0.39, 0.29) is 12.5 Å². The minimum atomic E-state index is -0.138. The molecule has 1 aromatic rings. The normalized spacial score (nSPS) is 10.3. The van der Waals surface area contributed by atoms with E-state index < -0.39 is 0 Å². The number of carbonyl (C=O) groups is 1. The standard InChI is InChI=1S/C14H18ClN3O2/c1-20-9-8-18(7-3-6-16)11-14(19)17-13-5-2-4-12(15)10-13/h2,4-5,10H,3,7-9,11H2,1H3,(H,17,19). The lowest BCUT2D eigenvalue weighted by atomic mass is 10.3. The number of nitriles is 1. The minimum Gasteiger partial charge on any atom is -0.383 e. The molecule has 6 heteroatoms. The Bertz CT molecular complexity index is 474. The van der Waals surface area contributed by atoms with Crippen LogP contribution in [0.2, 0.25) is 5.02 Å². The fourth-order valence-corrected chi connectivity index (χ4v) is 1.86. The number of nitrogens with one attached hydrogen (secondary N) is 1. The lowest BCUT2D eigenvalue weighted by molar-refractivity contribution is -0.117. The number of methoxy groups -OCH3 is 1. The first-order valence-corrected chi connectivity index (χ1v) is 6.67. The Morgan fingerprint density at radius 1 is 1.50 bits per heavy atom. The molecule has 108 valence electrons. The molecule has 1 aromatic carbocycles. The van der Waals surface area contributed by atoms with Crippen molar-refractivity contribution in [3.05, 3.63) is 29.3 Å². The van der Waals surface area contributed by atoms with E-state index in [1.165, 1.54) is 0 Å². The molecular formula is C14H18ClN3O2. The van der Waals surface area contributed by atoms with Crippen LogP contribution in [0.1, 0.15) is 6.42 Å². The number of halogens is 1. The monoisotopic (exact) mass is 295 g/mol. The van der Waals surface area contributed by atoms with Crippen LogP contribution in [0.5, 0.6) is 0 Å². The number of amides is 1. The first-order chi connectivity index (χ1) is 9.65. The summed E-state index contributed by atoms with van der Waals surface area (Å²) in [5, 5.41) is 12.0. The number of carbonyl (C=O) groups excluding carboxylic acids is 1. The Kier molecular flexibility index (Phi) is 7.66. The number of anilines is 1. The van der Waals surface area contributed by atoms with Gasteiger partial charge in [-0.1, -0.05) is 17.7 Å². The molecule has 0 aliphatic carbocycles. The molecule has 0 spiro atoms. The average molecular weight is 296 g/mol. The van der Waals surface area contributed by atoms with Crippen LogP contribution < -0.4 is 5.32 Å². The fraction of sp³-hybridized carbons (Fsp3) is 0.429. The Hall–Kier alpha value is -1.61. The number of benzene rings is 1. The first-order valence-electron chi connectivity index (χ1n) is 6.29. The molecule has 1 N–H and O–H groups in total. The second-order valence-electron chi connectivity index (χ2n) is 4.24. The van der Waals surface area contributed by atoms with Gasteiger partial charge in [-0.3, -0.25) is 9.69 Å². The molecule has 0 aliphatic rings. The van der Waals surface area contributed by atoms with E-state index in [1.54, 1.807) is 31.4 Å². The van der Waals surface area contributed by atoms with Crippen LogP contribution in [0.15, 0.2) is 24.3 Å². The van der Waals surface area contributed by atoms with Crippen molar-refractivity contribution in [3.8, 4) is 6.07 Å². The van der Waals surface area contributed by atoms with E-state index in [2.05, 4.69) is 11.4 Å². The van der Waals surface area contributed by atoms with Crippen molar-refractivity contribution in [2.75, 3.05) is 38.7 Å². The largest absolute Gasteiger partial charge is 0.383 e. The van der Waals surface area contributed by atoms with Crippen LogP contribution >= 0.6 is 11.6 Å². The van der Waals surface area contributed by atoms with Crippen LogP contribution in [0.3, 0.4) is 0 Å². The molecule has 0 radical (unpaired) electrons. The summed E-state index contributed by atoms with van der Waals surface area (Å²) in [4.78, 5) is 13.8. The Balaban J connectivity index is 2.50. The number of nitrogens with zero attached hydrogens (tertiary/aromatic N) is 2. The van der Waals surface area contributed by atoms with Gasteiger partial charge in [0.15, 0.2) is 0 Å². The third-order valence-electron chi connectivity index (χ3n) is 2.63. The SMILES string of the molecule is COCCN(CCC#N)CC(=O)Nc1cccc(Cl)c1. The van der Waals surface area contributed by atoms with Gasteiger partial charge in [-0.25, -0.2) is 0 Å². The Morgan fingerprint density at radius 3 is 2.95 bits per heavy atom. The summed E-state index contributed by atoms with van der Waals surface area (Å²) in [5.74, 6) is -0.138. The van der Waals surface area contributed by atoms with Crippen LogP contribution in [0, 0.1) is 11.3 Å². The summed E-state index contributed by atoms with van der Waals surface area (Å²) in [7, 11) is 1.61. The van der Waals surface area contributed by atoms with Crippen LogP contribution in [-0.4, -0.2) is 44.2 Å². The lowest BCUT2D eigenvalue weighted by Crippen LogP contribution is -2.36. The molecule has 0 bridgehead atoms. The molecule has 0 saturated carbocycles. The summed E-state index contributed by atoms with van der Waals surface area (Å²) in [5.41, 5.74) is 0.662. The molecule has 20 heavy (non-hydrogen) atoms. The van der Waals surface area contributed by atoms with Gasteiger partial charge in [0.1, 0.15) is 0 Å². The maximum atomic E-state index is 11.9. The maximum absolute atomic E-state index is 11.9. The zero-order chi connectivity index (χ0) is 14.8. The molecule has 1 rings (SSSR count). The first kappa shape index (κ1) is 16.4. The van der Waals surface area contributed by atoms with Gasteiger partial charge in [0, 0.05) is 37.3 Å². The van der Waals surface area contributed by atoms with E-state index in [4.69, 9.17) is 21.6 Å². The molecule has 0 heterocycles. The van der Waals surface area contributed by atoms with Crippen LogP contribution in [0.4, 0.5) is 5.69 Å². The Morgan fingerprint density at radius 2 is 2.30 bits per heavy atom. The topological polar surface area (TPSA) is 65.4 Å². The molecule has 0 aromatic heterocycles. The van der Waals surface area contributed by atoms with E-state index >= 15 is 0 Å². The lowest BCUT2D eigenvalue weighted by Gasteiger charge is -2.20. The van der Waals surface area contributed by atoms with E-state index in [0.29, 0.717) is 36.8 Å². The fourth-order valence-electron chi connectivity index (χ4n) is 1.67. The quantitative estimate of drug-likeness (QED) is 0.798.